The smallest absolute Gasteiger partial charge is 0.185 e. The van der Waals surface area contributed by atoms with Crippen molar-refractivity contribution in [2.75, 3.05) is 13.2 Å². The maximum atomic E-state index is 10.8. The van der Waals surface area contributed by atoms with E-state index >= 15 is 0 Å². The third kappa shape index (κ3) is 4.06. The minimum atomic E-state index is -1.13. The zero-order chi connectivity index (χ0) is 19.7. The summed E-state index contributed by atoms with van der Waals surface area (Å²) < 4.78 is 23.4. The highest BCUT2D eigenvalue weighted by Gasteiger charge is 2.44. The van der Waals surface area contributed by atoms with E-state index in [-0.39, 0.29) is 13.2 Å². The number of hydrogen-bond donors (Lipinski definition) is 2. The number of fused-ring (bicyclic) bond motifs is 2. The Bertz CT molecular complexity index is 775. The van der Waals surface area contributed by atoms with Crippen molar-refractivity contribution in [1.82, 2.24) is 0 Å². The second-order valence-corrected chi connectivity index (χ2v) is 7.52. The Morgan fingerprint density at radius 3 is 1.89 bits per heavy atom. The minimum Gasteiger partial charge on any atom is -0.388 e. The van der Waals surface area contributed by atoms with Gasteiger partial charge in [0.25, 0.3) is 0 Å². The van der Waals surface area contributed by atoms with Gasteiger partial charge in [-0.05, 0) is 12.1 Å². The summed E-state index contributed by atoms with van der Waals surface area (Å²) in [6.07, 6.45) is -5.71. The molecule has 2 aliphatic heterocycles. The molecule has 4 rings (SSSR count). The second kappa shape index (κ2) is 8.65. The number of aliphatic hydroxyl groups is 2. The zero-order valence-electron chi connectivity index (χ0n) is 14.8. The lowest BCUT2D eigenvalue weighted by atomic mass is 10.0. The zero-order valence-corrected chi connectivity index (χ0v) is 16.3. The Morgan fingerprint density at radius 1 is 0.750 bits per heavy atom. The summed E-state index contributed by atoms with van der Waals surface area (Å²) in [4.78, 5) is 0. The predicted octanol–water partition coefficient (Wildman–Crippen LogP) is 3.24. The number of ether oxygens (including phenoxy) is 4. The van der Waals surface area contributed by atoms with Crippen molar-refractivity contribution in [3.63, 3.8) is 0 Å². The molecule has 0 aromatic heterocycles. The normalized spacial score (nSPS) is 33.6. The third-order valence-electron chi connectivity index (χ3n) is 4.82. The highest BCUT2D eigenvalue weighted by molar-refractivity contribution is 6.31. The first-order chi connectivity index (χ1) is 13.5. The molecular formula is C20H20Cl2O6. The van der Waals surface area contributed by atoms with Gasteiger partial charge < -0.3 is 29.2 Å². The molecule has 2 N–H and O–H groups in total. The molecule has 2 bridgehead atoms. The van der Waals surface area contributed by atoms with Gasteiger partial charge in [0.1, 0.15) is 24.4 Å². The van der Waals surface area contributed by atoms with Crippen LogP contribution in [0.3, 0.4) is 0 Å². The van der Waals surface area contributed by atoms with Crippen molar-refractivity contribution in [3.05, 3.63) is 69.7 Å². The number of rotatable bonds is 2. The lowest BCUT2D eigenvalue weighted by Gasteiger charge is -2.35. The van der Waals surface area contributed by atoms with E-state index in [1.165, 1.54) is 0 Å². The van der Waals surface area contributed by atoms with Gasteiger partial charge in [0.05, 0.1) is 13.2 Å². The monoisotopic (exact) mass is 426 g/mol. The summed E-state index contributed by atoms with van der Waals surface area (Å²) >= 11 is 12.5. The van der Waals surface area contributed by atoms with Gasteiger partial charge in [-0.15, -0.1) is 0 Å². The van der Waals surface area contributed by atoms with Crippen molar-refractivity contribution >= 4 is 23.2 Å². The van der Waals surface area contributed by atoms with Crippen LogP contribution >= 0.6 is 23.2 Å². The summed E-state index contributed by atoms with van der Waals surface area (Å²) in [5.74, 6) is 0. The van der Waals surface area contributed by atoms with Gasteiger partial charge >= 0.3 is 0 Å². The van der Waals surface area contributed by atoms with E-state index < -0.39 is 37.0 Å². The molecule has 2 aliphatic rings. The second-order valence-electron chi connectivity index (χ2n) is 6.71. The number of aliphatic hydroxyl groups excluding tert-OH is 2. The van der Waals surface area contributed by atoms with E-state index in [1.807, 2.05) is 12.1 Å². The van der Waals surface area contributed by atoms with E-state index in [2.05, 4.69) is 0 Å². The summed E-state index contributed by atoms with van der Waals surface area (Å²) in [6.45, 7) is -0.0931. The quantitative estimate of drug-likeness (QED) is 0.767. The van der Waals surface area contributed by atoms with E-state index in [0.29, 0.717) is 21.2 Å². The van der Waals surface area contributed by atoms with Crippen LogP contribution in [0, 0.1) is 0 Å². The van der Waals surface area contributed by atoms with Crippen molar-refractivity contribution in [1.29, 1.82) is 0 Å². The van der Waals surface area contributed by atoms with Crippen LogP contribution in [0.15, 0.2) is 48.5 Å². The molecule has 2 heterocycles. The Balaban J connectivity index is 1.61. The lowest BCUT2D eigenvalue weighted by molar-refractivity contribution is -0.252. The Morgan fingerprint density at radius 2 is 1.29 bits per heavy atom. The van der Waals surface area contributed by atoms with Gasteiger partial charge in [-0.1, -0.05) is 59.6 Å². The molecular weight excluding hydrogens is 407 g/mol. The molecule has 0 saturated carbocycles. The Kier molecular flexibility index (Phi) is 6.20. The van der Waals surface area contributed by atoms with Crippen LogP contribution in [0.4, 0.5) is 0 Å². The first kappa shape index (κ1) is 20.1. The molecule has 2 fully saturated rings. The third-order valence-corrected chi connectivity index (χ3v) is 5.51. The van der Waals surface area contributed by atoms with Crippen LogP contribution in [0.5, 0.6) is 0 Å². The average Bonchev–Trinajstić information content (AvgIpc) is 2.86. The fourth-order valence-corrected chi connectivity index (χ4v) is 3.78. The van der Waals surface area contributed by atoms with Gasteiger partial charge in [-0.2, -0.15) is 0 Å². The van der Waals surface area contributed by atoms with Crippen LogP contribution < -0.4 is 0 Å². The van der Waals surface area contributed by atoms with Gasteiger partial charge in [0, 0.05) is 21.2 Å². The predicted molar refractivity (Wildman–Crippen MR) is 102 cm³/mol. The topological polar surface area (TPSA) is 77.4 Å². The molecule has 0 amide bonds. The van der Waals surface area contributed by atoms with Gasteiger partial charge in [0.2, 0.25) is 0 Å². The molecule has 2 unspecified atom stereocenters. The molecule has 2 aromatic rings. The fraction of sp³-hybridized carbons (Fsp3) is 0.400. The molecule has 150 valence electrons. The summed E-state index contributed by atoms with van der Waals surface area (Å²) in [6, 6.07) is 14.2. The van der Waals surface area contributed by atoms with Crippen LogP contribution in [0.25, 0.3) is 0 Å². The van der Waals surface area contributed by atoms with E-state index in [1.54, 1.807) is 36.4 Å². The van der Waals surface area contributed by atoms with Crippen LogP contribution in [0.2, 0.25) is 10.0 Å². The first-order valence-corrected chi connectivity index (χ1v) is 9.69. The first-order valence-electron chi connectivity index (χ1n) is 8.93. The SMILES string of the molecule is O[C@H]1[C@@H]2OC(c3ccccc3Cl)OC[C@@H]1OC(c1ccccc1Cl)OC[C@H]2O. The molecule has 28 heavy (non-hydrogen) atoms. The fourth-order valence-electron chi connectivity index (χ4n) is 3.33. The lowest BCUT2D eigenvalue weighted by Crippen LogP contribution is -2.50. The maximum Gasteiger partial charge on any atom is 0.185 e. The molecule has 2 saturated heterocycles. The summed E-state index contributed by atoms with van der Waals surface area (Å²) in [5.41, 5.74) is 1.21. The van der Waals surface area contributed by atoms with E-state index in [4.69, 9.17) is 42.1 Å². The van der Waals surface area contributed by atoms with Crippen molar-refractivity contribution in [2.45, 2.75) is 37.0 Å². The van der Waals surface area contributed by atoms with Crippen molar-refractivity contribution in [3.8, 4) is 0 Å². The van der Waals surface area contributed by atoms with Crippen LogP contribution in [-0.2, 0) is 18.9 Å². The Labute approximate surface area is 172 Å². The van der Waals surface area contributed by atoms with Gasteiger partial charge in [-0.3, -0.25) is 0 Å². The number of hydrogen-bond acceptors (Lipinski definition) is 6. The maximum absolute atomic E-state index is 10.8. The number of benzene rings is 2. The number of halogens is 2. The Hall–Kier alpha value is -1.22. The molecule has 6 atom stereocenters. The highest BCUT2D eigenvalue weighted by Crippen LogP contribution is 2.36. The van der Waals surface area contributed by atoms with E-state index in [0.717, 1.165) is 0 Å². The van der Waals surface area contributed by atoms with Gasteiger partial charge in [0.15, 0.2) is 12.6 Å². The van der Waals surface area contributed by atoms with Crippen LogP contribution in [-0.4, -0.2) is 47.8 Å². The van der Waals surface area contributed by atoms with E-state index in [9.17, 15) is 10.2 Å². The standard InChI is InChI=1S/C20H20Cl2O6/c21-13-7-3-1-5-11(13)19-25-9-15(23)18-17(24)16(27-19)10-26-20(28-18)12-6-2-4-8-14(12)22/h1-8,15-20,23-24H,9-10H2/t15-,16+,17-,18-,19?,20?/m1/s1. The van der Waals surface area contributed by atoms with Crippen LogP contribution in [0.1, 0.15) is 23.7 Å². The average molecular weight is 427 g/mol. The molecule has 8 heteroatoms. The van der Waals surface area contributed by atoms with Gasteiger partial charge in [-0.25, -0.2) is 0 Å². The molecule has 0 aliphatic carbocycles. The molecule has 0 radical (unpaired) electrons. The molecule has 0 spiro atoms. The van der Waals surface area contributed by atoms with Crippen molar-refractivity contribution < 1.29 is 29.2 Å². The largest absolute Gasteiger partial charge is 0.388 e. The molecule has 2 aromatic carbocycles. The van der Waals surface area contributed by atoms with Crippen molar-refractivity contribution in [2.24, 2.45) is 0 Å². The molecule has 6 nitrogen and oxygen atoms in total. The minimum absolute atomic E-state index is 0.0184. The summed E-state index contributed by atoms with van der Waals surface area (Å²) in [5, 5.41) is 22.3. The summed E-state index contributed by atoms with van der Waals surface area (Å²) in [7, 11) is 0. The highest BCUT2D eigenvalue weighted by atomic mass is 35.5.